The van der Waals surface area contributed by atoms with Gasteiger partial charge in [-0.3, -0.25) is 9.59 Å². The van der Waals surface area contributed by atoms with Crippen LogP contribution < -0.4 is 0 Å². The van der Waals surface area contributed by atoms with Crippen molar-refractivity contribution < 1.29 is 14.7 Å². The fraction of sp³-hybridized carbons (Fsp3) is 0.500. The van der Waals surface area contributed by atoms with E-state index in [2.05, 4.69) is 13.8 Å². The maximum atomic E-state index is 12.5. The van der Waals surface area contributed by atoms with Crippen LogP contribution in [0.4, 0.5) is 0 Å². The standard InChI is InChI=1S/C20H24O3/c1-3-20(4-2)11-9-13(10-12-20)16-17(21)14-7-5-6-8-15(14)18(22)19(16)23/h5-8,13,21H,3-4,9-12H2,1-2H3. The first-order valence-corrected chi connectivity index (χ1v) is 8.64. The molecule has 2 aliphatic rings. The number of benzene rings is 1. The summed E-state index contributed by atoms with van der Waals surface area (Å²) in [5, 5.41) is 10.6. The lowest BCUT2D eigenvalue weighted by molar-refractivity contribution is -0.112. The number of allylic oxidation sites excluding steroid dienone is 1. The largest absolute Gasteiger partial charge is 0.507 e. The second-order valence-electron chi connectivity index (χ2n) is 6.95. The summed E-state index contributed by atoms with van der Waals surface area (Å²) in [6, 6.07) is 6.85. The van der Waals surface area contributed by atoms with Gasteiger partial charge in [-0.1, -0.05) is 51.0 Å². The molecule has 0 unspecified atom stereocenters. The zero-order valence-corrected chi connectivity index (χ0v) is 13.9. The third-order valence-electron chi connectivity index (χ3n) is 6.09. The van der Waals surface area contributed by atoms with E-state index in [1.807, 2.05) is 0 Å². The van der Waals surface area contributed by atoms with Crippen molar-refractivity contribution in [2.75, 3.05) is 0 Å². The Morgan fingerprint density at radius 3 is 2.13 bits per heavy atom. The van der Waals surface area contributed by atoms with Gasteiger partial charge in [0.25, 0.3) is 0 Å². The molecule has 0 heterocycles. The SMILES string of the molecule is CCC1(CC)CCC(C2=C(O)c3ccccc3C(=O)C2=O)CC1. The first-order valence-electron chi connectivity index (χ1n) is 8.64. The molecule has 122 valence electrons. The van der Waals surface area contributed by atoms with Crippen molar-refractivity contribution in [3.8, 4) is 0 Å². The highest BCUT2D eigenvalue weighted by atomic mass is 16.3. The maximum absolute atomic E-state index is 12.5. The molecule has 0 atom stereocenters. The lowest BCUT2D eigenvalue weighted by Crippen LogP contribution is -2.33. The molecule has 3 heteroatoms. The van der Waals surface area contributed by atoms with E-state index in [-0.39, 0.29) is 11.7 Å². The van der Waals surface area contributed by atoms with Crippen LogP contribution in [0.15, 0.2) is 29.8 Å². The van der Waals surface area contributed by atoms with Gasteiger partial charge in [0.15, 0.2) is 0 Å². The number of rotatable bonds is 3. The topological polar surface area (TPSA) is 54.4 Å². The van der Waals surface area contributed by atoms with Crippen molar-refractivity contribution in [2.24, 2.45) is 11.3 Å². The van der Waals surface area contributed by atoms with Crippen molar-refractivity contribution in [3.63, 3.8) is 0 Å². The van der Waals surface area contributed by atoms with Crippen molar-refractivity contribution in [2.45, 2.75) is 52.4 Å². The van der Waals surface area contributed by atoms with Crippen molar-refractivity contribution in [1.82, 2.24) is 0 Å². The number of carbonyl (C=O) groups excluding carboxylic acids is 2. The summed E-state index contributed by atoms with van der Waals surface area (Å²) in [7, 11) is 0. The fourth-order valence-corrected chi connectivity index (χ4v) is 4.24. The van der Waals surface area contributed by atoms with Gasteiger partial charge in [0.1, 0.15) is 5.76 Å². The average molecular weight is 312 g/mol. The van der Waals surface area contributed by atoms with Crippen LogP contribution in [0.3, 0.4) is 0 Å². The second-order valence-corrected chi connectivity index (χ2v) is 6.95. The van der Waals surface area contributed by atoms with E-state index in [4.69, 9.17) is 0 Å². The first-order chi connectivity index (χ1) is 11.0. The number of hydrogen-bond acceptors (Lipinski definition) is 3. The molecular weight excluding hydrogens is 288 g/mol. The minimum Gasteiger partial charge on any atom is -0.507 e. The molecule has 0 saturated heterocycles. The summed E-state index contributed by atoms with van der Waals surface area (Å²) in [6.45, 7) is 4.46. The Hall–Kier alpha value is -1.90. The number of aliphatic hydroxyl groups excluding tert-OH is 1. The molecule has 0 amide bonds. The van der Waals surface area contributed by atoms with Gasteiger partial charge < -0.3 is 5.11 Å². The highest BCUT2D eigenvalue weighted by molar-refractivity contribution is 6.52. The van der Waals surface area contributed by atoms with Gasteiger partial charge in [0, 0.05) is 16.7 Å². The van der Waals surface area contributed by atoms with E-state index in [9.17, 15) is 14.7 Å². The van der Waals surface area contributed by atoms with Crippen molar-refractivity contribution in [3.05, 3.63) is 41.0 Å². The zero-order valence-electron chi connectivity index (χ0n) is 13.9. The van der Waals surface area contributed by atoms with Crippen molar-refractivity contribution >= 4 is 17.3 Å². The second kappa shape index (κ2) is 5.95. The van der Waals surface area contributed by atoms with Gasteiger partial charge in [-0.25, -0.2) is 0 Å². The van der Waals surface area contributed by atoms with Gasteiger partial charge in [-0.2, -0.15) is 0 Å². The Morgan fingerprint density at radius 1 is 1.00 bits per heavy atom. The minimum absolute atomic E-state index is 0.00558. The molecule has 1 fully saturated rings. The van der Waals surface area contributed by atoms with Crippen LogP contribution in [0.1, 0.15) is 68.3 Å². The Kier molecular flexibility index (Phi) is 4.13. The molecule has 1 N–H and O–H groups in total. The molecule has 1 saturated carbocycles. The summed E-state index contributed by atoms with van der Waals surface area (Å²) in [6.07, 6.45) is 6.17. The number of ketones is 2. The smallest absolute Gasteiger partial charge is 0.234 e. The molecule has 3 rings (SSSR count). The third kappa shape index (κ3) is 2.52. The van der Waals surface area contributed by atoms with Gasteiger partial charge >= 0.3 is 0 Å². The van der Waals surface area contributed by atoms with Gasteiger partial charge in [0.05, 0.1) is 0 Å². The quantitative estimate of drug-likeness (QED) is 0.822. The summed E-state index contributed by atoms with van der Waals surface area (Å²) >= 11 is 0. The predicted octanol–water partition coefficient (Wildman–Crippen LogP) is 4.72. The lowest BCUT2D eigenvalue weighted by Gasteiger charge is -2.40. The Balaban J connectivity index is 1.94. The van der Waals surface area contributed by atoms with Crippen molar-refractivity contribution in [1.29, 1.82) is 0 Å². The van der Waals surface area contributed by atoms with Crippen LogP contribution in [0, 0.1) is 11.3 Å². The van der Waals surface area contributed by atoms with E-state index in [1.54, 1.807) is 24.3 Å². The molecule has 3 nitrogen and oxygen atoms in total. The summed E-state index contributed by atoms with van der Waals surface area (Å²) < 4.78 is 0. The van der Waals surface area contributed by atoms with E-state index < -0.39 is 11.6 Å². The average Bonchev–Trinajstić information content (AvgIpc) is 2.61. The molecule has 0 aliphatic heterocycles. The summed E-state index contributed by atoms with van der Waals surface area (Å²) in [4.78, 5) is 24.9. The number of fused-ring (bicyclic) bond motifs is 1. The molecule has 2 aliphatic carbocycles. The molecule has 0 aromatic heterocycles. The third-order valence-corrected chi connectivity index (χ3v) is 6.09. The molecule has 0 bridgehead atoms. The first kappa shape index (κ1) is 16.0. The molecule has 0 spiro atoms. The highest BCUT2D eigenvalue weighted by Crippen LogP contribution is 2.47. The molecule has 23 heavy (non-hydrogen) atoms. The van der Waals surface area contributed by atoms with E-state index in [0.717, 1.165) is 38.5 Å². The number of aliphatic hydroxyl groups is 1. The van der Waals surface area contributed by atoms with E-state index in [0.29, 0.717) is 22.1 Å². The summed E-state index contributed by atoms with van der Waals surface area (Å²) in [5.74, 6) is -0.954. The lowest BCUT2D eigenvalue weighted by atomic mass is 9.65. The number of carbonyl (C=O) groups is 2. The Morgan fingerprint density at radius 2 is 1.57 bits per heavy atom. The van der Waals surface area contributed by atoms with E-state index in [1.165, 1.54) is 0 Å². The van der Waals surface area contributed by atoms with Crippen LogP contribution in [-0.4, -0.2) is 16.7 Å². The zero-order chi connectivity index (χ0) is 16.6. The van der Waals surface area contributed by atoms with Crippen LogP contribution in [0.5, 0.6) is 0 Å². The number of Topliss-reactive ketones (excluding diaryl/α,β-unsaturated/α-hetero) is 2. The maximum Gasteiger partial charge on any atom is 0.234 e. The molecule has 1 aromatic carbocycles. The van der Waals surface area contributed by atoms with Gasteiger partial charge in [0.2, 0.25) is 11.6 Å². The summed E-state index contributed by atoms with van der Waals surface area (Å²) in [5.41, 5.74) is 1.56. The predicted molar refractivity (Wildman–Crippen MR) is 90.3 cm³/mol. The fourth-order valence-electron chi connectivity index (χ4n) is 4.24. The highest BCUT2D eigenvalue weighted by Gasteiger charge is 2.40. The Bertz CT molecular complexity index is 670. The molecular formula is C20H24O3. The van der Waals surface area contributed by atoms with Gasteiger partial charge in [-0.05, 0) is 37.0 Å². The Labute approximate surface area is 137 Å². The van der Waals surface area contributed by atoms with Crippen LogP contribution >= 0.6 is 0 Å². The number of hydrogen-bond donors (Lipinski definition) is 1. The van der Waals surface area contributed by atoms with E-state index >= 15 is 0 Å². The minimum atomic E-state index is -0.508. The molecule has 0 radical (unpaired) electrons. The monoisotopic (exact) mass is 312 g/mol. The van der Waals surface area contributed by atoms with Crippen LogP contribution in [0.25, 0.3) is 5.76 Å². The van der Waals surface area contributed by atoms with Gasteiger partial charge in [-0.15, -0.1) is 0 Å². The molecule has 1 aromatic rings. The van der Waals surface area contributed by atoms with Crippen LogP contribution in [-0.2, 0) is 4.79 Å². The van der Waals surface area contributed by atoms with Crippen LogP contribution in [0.2, 0.25) is 0 Å². The normalized spacial score (nSPS) is 21.5.